The molecule has 5 heteroatoms. The minimum atomic E-state index is -0.606. The number of β-amino-alcohol motifs (C(OH)–C–C–N with tert-alkyl or cyclic N) is 1. The molecule has 1 fully saturated rings. The number of aryl methyl sites for hydroxylation is 1. The molecule has 1 aliphatic rings. The molecule has 1 aromatic rings. The van der Waals surface area contributed by atoms with Gasteiger partial charge in [-0.05, 0) is 20.8 Å². The van der Waals surface area contributed by atoms with E-state index in [1.807, 2.05) is 26.8 Å². The van der Waals surface area contributed by atoms with E-state index in [0.29, 0.717) is 0 Å². The first kappa shape index (κ1) is 13.5. The molecule has 1 aliphatic heterocycles. The van der Waals surface area contributed by atoms with Crippen LogP contribution >= 0.6 is 0 Å². The summed E-state index contributed by atoms with van der Waals surface area (Å²) in [6, 6.07) is 1.99. The molecule has 0 bridgehead atoms. The molecule has 1 N–H and O–H groups in total. The maximum atomic E-state index is 9.80. The number of hydrogen-bond donors (Lipinski definition) is 1. The van der Waals surface area contributed by atoms with Crippen LogP contribution in [0.2, 0.25) is 0 Å². The highest BCUT2D eigenvalue weighted by molar-refractivity contribution is 5.03. The molecule has 0 radical (unpaired) electrons. The average molecular weight is 253 g/mol. The number of piperazine rings is 1. The van der Waals surface area contributed by atoms with Crippen molar-refractivity contribution in [2.45, 2.75) is 32.9 Å². The van der Waals surface area contributed by atoms with Crippen LogP contribution in [0, 0.1) is 6.92 Å². The highest BCUT2D eigenvalue weighted by Crippen LogP contribution is 2.11. The van der Waals surface area contributed by atoms with Gasteiger partial charge in [0.1, 0.15) is 5.76 Å². The molecule has 1 aromatic heterocycles. The van der Waals surface area contributed by atoms with Crippen molar-refractivity contribution in [1.82, 2.24) is 15.0 Å². The molecule has 2 heterocycles. The van der Waals surface area contributed by atoms with E-state index in [1.54, 1.807) is 0 Å². The van der Waals surface area contributed by atoms with Gasteiger partial charge in [0, 0.05) is 45.3 Å². The zero-order valence-corrected chi connectivity index (χ0v) is 11.5. The standard InChI is InChI=1S/C13H23N3O2/c1-11-8-12(14-18-11)9-15-4-6-16(7-5-15)10-13(2,3)17/h8,17H,4-7,9-10H2,1-3H3. The van der Waals surface area contributed by atoms with E-state index >= 15 is 0 Å². The summed E-state index contributed by atoms with van der Waals surface area (Å²) in [5.41, 5.74) is 0.397. The van der Waals surface area contributed by atoms with Gasteiger partial charge in [-0.15, -0.1) is 0 Å². The smallest absolute Gasteiger partial charge is 0.133 e. The van der Waals surface area contributed by atoms with Crippen molar-refractivity contribution in [3.05, 3.63) is 17.5 Å². The molecule has 0 unspecified atom stereocenters. The van der Waals surface area contributed by atoms with Crippen LogP contribution in [0.25, 0.3) is 0 Å². The van der Waals surface area contributed by atoms with Crippen molar-refractivity contribution in [3.8, 4) is 0 Å². The second kappa shape index (κ2) is 5.38. The Morgan fingerprint density at radius 2 is 1.89 bits per heavy atom. The van der Waals surface area contributed by atoms with Crippen LogP contribution in [0.5, 0.6) is 0 Å². The number of aromatic nitrogens is 1. The van der Waals surface area contributed by atoms with Gasteiger partial charge in [0.25, 0.3) is 0 Å². The summed E-state index contributed by atoms with van der Waals surface area (Å²) >= 11 is 0. The summed E-state index contributed by atoms with van der Waals surface area (Å²) in [7, 11) is 0. The van der Waals surface area contributed by atoms with Crippen molar-refractivity contribution < 1.29 is 9.63 Å². The van der Waals surface area contributed by atoms with Crippen molar-refractivity contribution in [1.29, 1.82) is 0 Å². The zero-order chi connectivity index (χ0) is 13.2. The van der Waals surface area contributed by atoms with Gasteiger partial charge in [-0.1, -0.05) is 5.16 Å². The summed E-state index contributed by atoms with van der Waals surface area (Å²) in [6.45, 7) is 11.3. The normalized spacial score (nSPS) is 19.3. The van der Waals surface area contributed by atoms with E-state index in [4.69, 9.17) is 4.52 Å². The van der Waals surface area contributed by atoms with Crippen LogP contribution in [-0.4, -0.2) is 58.4 Å². The Labute approximate surface area is 108 Å². The second-order valence-electron chi connectivity index (χ2n) is 5.79. The fourth-order valence-corrected chi connectivity index (χ4v) is 2.37. The lowest BCUT2D eigenvalue weighted by Gasteiger charge is -2.36. The lowest BCUT2D eigenvalue weighted by Crippen LogP contribution is -2.50. The first-order valence-corrected chi connectivity index (χ1v) is 6.52. The van der Waals surface area contributed by atoms with E-state index in [9.17, 15) is 5.11 Å². The van der Waals surface area contributed by atoms with Crippen LogP contribution in [0.3, 0.4) is 0 Å². The van der Waals surface area contributed by atoms with E-state index in [2.05, 4.69) is 15.0 Å². The second-order valence-corrected chi connectivity index (χ2v) is 5.79. The quantitative estimate of drug-likeness (QED) is 0.863. The highest BCUT2D eigenvalue weighted by Gasteiger charge is 2.23. The predicted molar refractivity (Wildman–Crippen MR) is 69.3 cm³/mol. The Kier molecular flexibility index (Phi) is 4.04. The Balaban J connectivity index is 1.77. The molecular formula is C13H23N3O2. The largest absolute Gasteiger partial charge is 0.389 e. The third-order valence-corrected chi connectivity index (χ3v) is 3.14. The molecule has 5 nitrogen and oxygen atoms in total. The molecule has 0 aliphatic carbocycles. The van der Waals surface area contributed by atoms with Gasteiger partial charge in [-0.3, -0.25) is 9.80 Å². The summed E-state index contributed by atoms with van der Waals surface area (Å²) in [5, 5.41) is 13.8. The lowest BCUT2D eigenvalue weighted by atomic mass is 10.1. The number of rotatable bonds is 4. The molecule has 0 spiro atoms. The molecule has 18 heavy (non-hydrogen) atoms. The summed E-state index contributed by atoms with van der Waals surface area (Å²) < 4.78 is 5.07. The van der Waals surface area contributed by atoms with Gasteiger partial charge >= 0.3 is 0 Å². The topological polar surface area (TPSA) is 52.7 Å². The Morgan fingerprint density at radius 3 is 2.39 bits per heavy atom. The fraction of sp³-hybridized carbons (Fsp3) is 0.769. The third-order valence-electron chi connectivity index (χ3n) is 3.14. The maximum Gasteiger partial charge on any atom is 0.133 e. The average Bonchev–Trinajstić information content (AvgIpc) is 2.65. The van der Waals surface area contributed by atoms with Crippen LogP contribution in [0.4, 0.5) is 0 Å². The Morgan fingerprint density at radius 1 is 1.28 bits per heavy atom. The van der Waals surface area contributed by atoms with E-state index in [0.717, 1.165) is 50.7 Å². The van der Waals surface area contributed by atoms with E-state index < -0.39 is 5.60 Å². The van der Waals surface area contributed by atoms with Crippen LogP contribution in [0.1, 0.15) is 25.3 Å². The molecule has 0 amide bonds. The van der Waals surface area contributed by atoms with Gasteiger partial charge < -0.3 is 9.63 Å². The molecule has 1 saturated heterocycles. The lowest BCUT2D eigenvalue weighted by molar-refractivity contribution is 0.0164. The highest BCUT2D eigenvalue weighted by atomic mass is 16.5. The predicted octanol–water partition coefficient (Wildman–Crippen LogP) is 0.872. The van der Waals surface area contributed by atoms with Gasteiger partial charge in [0.2, 0.25) is 0 Å². The fourth-order valence-electron chi connectivity index (χ4n) is 2.37. The molecule has 102 valence electrons. The van der Waals surface area contributed by atoms with Crippen LogP contribution < -0.4 is 0 Å². The van der Waals surface area contributed by atoms with Gasteiger partial charge in [0.15, 0.2) is 0 Å². The van der Waals surface area contributed by atoms with Crippen molar-refractivity contribution in [2.75, 3.05) is 32.7 Å². The summed E-state index contributed by atoms with van der Waals surface area (Å²) in [5.74, 6) is 0.866. The minimum absolute atomic E-state index is 0.606. The molecule has 0 aromatic carbocycles. The monoisotopic (exact) mass is 253 g/mol. The number of aliphatic hydroxyl groups is 1. The van der Waals surface area contributed by atoms with Crippen molar-refractivity contribution in [2.24, 2.45) is 0 Å². The Bertz CT molecular complexity index is 376. The summed E-state index contributed by atoms with van der Waals surface area (Å²) in [6.07, 6.45) is 0. The first-order chi connectivity index (χ1) is 8.42. The van der Waals surface area contributed by atoms with Gasteiger partial charge in [-0.2, -0.15) is 0 Å². The Hall–Kier alpha value is -0.910. The summed E-state index contributed by atoms with van der Waals surface area (Å²) in [4.78, 5) is 4.68. The van der Waals surface area contributed by atoms with Gasteiger partial charge in [0.05, 0.1) is 11.3 Å². The number of nitrogens with zero attached hydrogens (tertiary/aromatic N) is 3. The van der Waals surface area contributed by atoms with Crippen molar-refractivity contribution >= 4 is 0 Å². The molecular weight excluding hydrogens is 230 g/mol. The van der Waals surface area contributed by atoms with Gasteiger partial charge in [-0.25, -0.2) is 0 Å². The first-order valence-electron chi connectivity index (χ1n) is 6.52. The SMILES string of the molecule is Cc1cc(CN2CCN(CC(C)(C)O)CC2)no1. The zero-order valence-electron chi connectivity index (χ0n) is 11.5. The maximum absolute atomic E-state index is 9.80. The van der Waals surface area contributed by atoms with Crippen LogP contribution in [0.15, 0.2) is 10.6 Å². The molecule has 0 saturated carbocycles. The van der Waals surface area contributed by atoms with E-state index in [-0.39, 0.29) is 0 Å². The van der Waals surface area contributed by atoms with Crippen LogP contribution in [-0.2, 0) is 6.54 Å². The number of hydrogen-bond acceptors (Lipinski definition) is 5. The van der Waals surface area contributed by atoms with Crippen molar-refractivity contribution in [3.63, 3.8) is 0 Å². The van der Waals surface area contributed by atoms with E-state index in [1.165, 1.54) is 0 Å². The third kappa shape index (κ3) is 4.08. The molecule has 0 atom stereocenters. The minimum Gasteiger partial charge on any atom is -0.389 e. The molecule has 2 rings (SSSR count).